The van der Waals surface area contributed by atoms with Gasteiger partial charge >= 0.3 is 0 Å². The topological polar surface area (TPSA) is 228 Å². The molecule has 73 heavy (non-hydrogen) atoms. The van der Waals surface area contributed by atoms with Crippen molar-refractivity contribution >= 4 is 5.91 Å². The van der Waals surface area contributed by atoms with Gasteiger partial charge < -0.3 is 65.1 Å². The summed E-state index contributed by atoms with van der Waals surface area (Å²) in [6.45, 7) is 2.50. The summed E-state index contributed by atoms with van der Waals surface area (Å²) in [6, 6.07) is -0.942. The van der Waals surface area contributed by atoms with Gasteiger partial charge in [-0.25, -0.2) is 0 Å². The maximum Gasteiger partial charge on any atom is 0.220 e. The molecule has 0 radical (unpaired) electrons. The number of ether oxygens (including phenoxy) is 4. The Kier molecular flexibility index (Phi) is 39.9. The minimum atomic E-state index is -1.80. The molecule has 0 aromatic heterocycles. The predicted molar refractivity (Wildman–Crippen MR) is 290 cm³/mol. The number of aliphatic hydroxyl groups excluding tert-OH is 8. The second-order valence-corrected chi connectivity index (χ2v) is 19.3. The summed E-state index contributed by atoms with van der Waals surface area (Å²) < 4.78 is 22.7. The van der Waals surface area contributed by atoms with E-state index in [0.717, 1.165) is 83.5 Å². The van der Waals surface area contributed by atoms with E-state index >= 15 is 0 Å². The van der Waals surface area contributed by atoms with Crippen molar-refractivity contribution in [2.24, 2.45) is 0 Å². The van der Waals surface area contributed by atoms with Gasteiger partial charge in [-0.15, -0.1) is 0 Å². The molecule has 418 valence electrons. The van der Waals surface area contributed by atoms with E-state index in [9.17, 15) is 45.6 Å². The van der Waals surface area contributed by atoms with Crippen LogP contribution in [0.1, 0.15) is 174 Å². The zero-order chi connectivity index (χ0) is 53.2. The Balaban J connectivity index is 1.69. The number of rotatable bonds is 42. The molecular weight excluding hydrogens is 931 g/mol. The fourth-order valence-electron chi connectivity index (χ4n) is 8.53. The number of nitrogens with one attached hydrogen (secondary N) is 1. The Morgan fingerprint density at radius 2 is 0.918 bits per heavy atom. The maximum atomic E-state index is 13.2. The van der Waals surface area contributed by atoms with Crippen LogP contribution >= 0.6 is 0 Å². The third kappa shape index (κ3) is 30.3. The van der Waals surface area contributed by atoms with E-state index in [4.69, 9.17) is 18.9 Å². The largest absolute Gasteiger partial charge is 0.394 e. The highest BCUT2D eigenvalue weighted by atomic mass is 16.7. The molecule has 0 aliphatic carbocycles. The van der Waals surface area contributed by atoms with Crippen LogP contribution in [0.4, 0.5) is 0 Å². The second-order valence-electron chi connectivity index (χ2n) is 19.3. The van der Waals surface area contributed by atoms with Crippen LogP contribution in [0.2, 0.25) is 0 Å². The molecule has 0 saturated carbocycles. The summed E-state index contributed by atoms with van der Waals surface area (Å²) in [5, 5.41) is 86.7. The molecule has 0 bridgehead atoms. The van der Waals surface area contributed by atoms with Crippen molar-refractivity contribution < 1.29 is 64.6 Å². The summed E-state index contributed by atoms with van der Waals surface area (Å²) in [5.74, 6) is -0.262. The van der Waals surface area contributed by atoms with E-state index in [2.05, 4.69) is 104 Å². The fraction of sp³-hybridized carbons (Fsp3) is 0.712. The van der Waals surface area contributed by atoms with Gasteiger partial charge in [0.05, 0.1) is 32.0 Å². The highest BCUT2D eigenvalue weighted by Crippen LogP contribution is 2.30. The Bertz CT molecular complexity index is 1590. The van der Waals surface area contributed by atoms with Gasteiger partial charge in [0.1, 0.15) is 48.8 Å². The Morgan fingerprint density at radius 3 is 1.45 bits per heavy atom. The van der Waals surface area contributed by atoms with Crippen LogP contribution in [0.25, 0.3) is 0 Å². The molecule has 14 nitrogen and oxygen atoms in total. The summed E-state index contributed by atoms with van der Waals surface area (Å²) >= 11 is 0. The van der Waals surface area contributed by atoms with Gasteiger partial charge in [0.25, 0.3) is 0 Å². The van der Waals surface area contributed by atoms with Gasteiger partial charge in [-0.3, -0.25) is 4.79 Å². The first-order chi connectivity index (χ1) is 35.6. The van der Waals surface area contributed by atoms with Crippen LogP contribution < -0.4 is 5.32 Å². The second kappa shape index (κ2) is 44.1. The molecule has 0 spiro atoms. The average Bonchev–Trinajstić information content (AvgIpc) is 3.39. The maximum absolute atomic E-state index is 13.2. The quantitative estimate of drug-likeness (QED) is 0.0206. The monoisotopic (exact) mass is 1030 g/mol. The lowest BCUT2D eigenvalue weighted by atomic mass is 9.97. The lowest BCUT2D eigenvalue weighted by molar-refractivity contribution is -0.359. The van der Waals surface area contributed by atoms with E-state index in [1.54, 1.807) is 6.08 Å². The van der Waals surface area contributed by atoms with Gasteiger partial charge in [0.2, 0.25) is 5.91 Å². The number of aliphatic hydroxyl groups is 8. The molecule has 2 heterocycles. The summed E-state index contributed by atoms with van der Waals surface area (Å²) in [4.78, 5) is 13.2. The molecule has 14 heteroatoms. The van der Waals surface area contributed by atoms with Gasteiger partial charge in [-0.1, -0.05) is 182 Å². The number of carbonyl (C=O) groups is 1. The summed E-state index contributed by atoms with van der Waals surface area (Å²) in [5.41, 5.74) is 0. The molecule has 0 aromatic carbocycles. The molecular formula is C59H99NO13. The van der Waals surface area contributed by atoms with E-state index in [1.165, 1.54) is 57.8 Å². The number of amides is 1. The standard InChI is InChI=1S/C59H99NO13/c1-3-5-7-9-11-13-15-16-17-18-19-20-21-22-23-24-25-26-27-28-29-30-31-32-33-35-37-39-41-43-51(64)60-47(48(63)42-40-38-36-34-14-12-10-8-6-4-2)46-70-58-56(69)54(67)57(50(45-62)72-58)73-59-55(68)53(66)52(65)49(44-61)71-59/h5-8,11,13-14,16-17,19-20,22-23,34,40,42,47-50,52-59,61-63,65-69H,3-4,9-10,12,15,18,21,24-33,35-39,41,43-46H2,1-2H3,(H,60,64)/b7-5-,8-6+,13-11-,17-16-,20-19-,23-22-,34-14+,42-40+. The number of unbranched alkanes of at least 4 members (excludes halogenated alkanes) is 15. The van der Waals surface area contributed by atoms with Gasteiger partial charge in [0.15, 0.2) is 12.6 Å². The van der Waals surface area contributed by atoms with Crippen molar-refractivity contribution in [3.05, 3.63) is 97.2 Å². The van der Waals surface area contributed by atoms with Gasteiger partial charge in [-0.05, 0) is 83.5 Å². The van der Waals surface area contributed by atoms with Crippen molar-refractivity contribution in [1.82, 2.24) is 5.32 Å². The van der Waals surface area contributed by atoms with E-state index < -0.39 is 86.8 Å². The lowest BCUT2D eigenvalue weighted by Crippen LogP contribution is -2.65. The van der Waals surface area contributed by atoms with E-state index in [1.807, 2.05) is 6.08 Å². The third-order valence-electron chi connectivity index (χ3n) is 13.0. The molecule has 2 aliphatic rings. The SMILES string of the molecule is CC/C=C\C/C=C\C/C=C\C/C=C\C/C=C\CCCCCCCCCCCCCCCC(=O)NC(COC1OC(CO)C(OC2OC(CO)C(O)C(O)C2O)C(O)C1O)C(O)/C=C/CC/C=C/CC/C=C/CC. The van der Waals surface area contributed by atoms with Crippen LogP contribution in [0, 0.1) is 0 Å². The molecule has 9 N–H and O–H groups in total. The summed E-state index contributed by atoms with van der Waals surface area (Å²) in [6.07, 6.45) is 43.3. The van der Waals surface area contributed by atoms with Crippen molar-refractivity contribution in [2.75, 3.05) is 19.8 Å². The van der Waals surface area contributed by atoms with Crippen LogP contribution in [-0.4, -0.2) is 140 Å². The Labute approximate surface area is 439 Å². The smallest absolute Gasteiger partial charge is 0.220 e. The molecule has 0 aromatic rings. The summed E-state index contributed by atoms with van der Waals surface area (Å²) in [7, 11) is 0. The highest BCUT2D eigenvalue weighted by molar-refractivity contribution is 5.76. The Hall–Kier alpha value is -3.09. The zero-order valence-electron chi connectivity index (χ0n) is 44.6. The zero-order valence-corrected chi connectivity index (χ0v) is 44.6. The third-order valence-corrected chi connectivity index (χ3v) is 13.0. The lowest BCUT2D eigenvalue weighted by Gasteiger charge is -2.46. The van der Waals surface area contributed by atoms with Crippen molar-refractivity contribution in [3.8, 4) is 0 Å². The number of hydrogen-bond donors (Lipinski definition) is 9. The first kappa shape index (κ1) is 66.0. The molecule has 1 amide bonds. The molecule has 12 atom stereocenters. The predicted octanol–water partition coefficient (Wildman–Crippen LogP) is 8.71. The van der Waals surface area contributed by atoms with Crippen molar-refractivity contribution in [2.45, 2.75) is 248 Å². The first-order valence-corrected chi connectivity index (χ1v) is 28.0. The first-order valence-electron chi connectivity index (χ1n) is 28.0. The van der Waals surface area contributed by atoms with Crippen molar-refractivity contribution in [1.29, 1.82) is 0 Å². The van der Waals surface area contributed by atoms with Gasteiger partial charge in [0, 0.05) is 6.42 Å². The fourth-order valence-corrected chi connectivity index (χ4v) is 8.53. The average molecular weight is 1030 g/mol. The molecule has 2 saturated heterocycles. The van der Waals surface area contributed by atoms with E-state index in [-0.39, 0.29) is 18.9 Å². The van der Waals surface area contributed by atoms with Crippen LogP contribution in [-0.2, 0) is 23.7 Å². The van der Waals surface area contributed by atoms with Crippen LogP contribution in [0.15, 0.2) is 97.2 Å². The minimum absolute atomic E-state index is 0.262. The number of carbonyl (C=O) groups excluding carboxylic acids is 1. The normalized spacial score (nSPS) is 26.2. The van der Waals surface area contributed by atoms with E-state index in [0.29, 0.717) is 12.8 Å². The number of hydrogen-bond acceptors (Lipinski definition) is 13. The van der Waals surface area contributed by atoms with Gasteiger partial charge in [-0.2, -0.15) is 0 Å². The molecule has 2 rings (SSSR count). The molecule has 12 unspecified atom stereocenters. The minimum Gasteiger partial charge on any atom is -0.394 e. The van der Waals surface area contributed by atoms with Crippen LogP contribution in [0.3, 0.4) is 0 Å². The Morgan fingerprint density at radius 1 is 0.493 bits per heavy atom. The highest BCUT2D eigenvalue weighted by Gasteiger charge is 2.51. The molecule has 2 aliphatic heterocycles. The van der Waals surface area contributed by atoms with Crippen molar-refractivity contribution in [3.63, 3.8) is 0 Å². The molecule has 2 fully saturated rings. The number of allylic oxidation sites excluding steroid dienone is 15. The van der Waals surface area contributed by atoms with Crippen LogP contribution in [0.5, 0.6) is 0 Å².